The molecule has 1 nitrogen and oxygen atoms in total. The van der Waals surface area contributed by atoms with E-state index in [1.165, 1.54) is 80.1 Å². The van der Waals surface area contributed by atoms with Crippen molar-refractivity contribution in [2.75, 3.05) is 4.90 Å². The van der Waals surface area contributed by atoms with Gasteiger partial charge in [0.25, 0.3) is 0 Å². The van der Waals surface area contributed by atoms with E-state index in [2.05, 4.69) is 181 Å². The van der Waals surface area contributed by atoms with Crippen LogP contribution in [0.15, 0.2) is 176 Å². The molecule has 224 valence electrons. The number of benzene rings is 9. The minimum Gasteiger partial charge on any atom is -0.310 e. The van der Waals surface area contributed by atoms with Crippen LogP contribution in [0.3, 0.4) is 0 Å². The van der Waals surface area contributed by atoms with Crippen molar-refractivity contribution < 1.29 is 0 Å². The van der Waals surface area contributed by atoms with Crippen molar-refractivity contribution in [3.8, 4) is 11.1 Å². The molecule has 0 spiro atoms. The fraction of sp³-hybridized carbons (Fsp3) is 0. The van der Waals surface area contributed by atoms with Crippen molar-refractivity contribution in [3.63, 3.8) is 0 Å². The number of rotatable bonds is 4. The highest BCUT2D eigenvalue weighted by atomic mass is 32.1. The van der Waals surface area contributed by atoms with Crippen LogP contribution in [-0.4, -0.2) is 0 Å². The molecule has 1 aromatic heterocycles. The summed E-state index contributed by atoms with van der Waals surface area (Å²) in [7, 11) is 0. The molecule has 0 unspecified atom stereocenters. The highest BCUT2D eigenvalue weighted by molar-refractivity contribution is 7.26. The molecule has 0 atom stereocenters. The highest BCUT2D eigenvalue weighted by Gasteiger charge is 2.20. The van der Waals surface area contributed by atoms with Crippen LogP contribution in [-0.2, 0) is 0 Å². The Kier molecular flexibility index (Phi) is 6.12. The third kappa shape index (κ3) is 4.24. The van der Waals surface area contributed by atoms with E-state index < -0.39 is 0 Å². The second-order valence-corrected chi connectivity index (χ2v) is 13.6. The van der Waals surface area contributed by atoms with Crippen LogP contribution in [0.4, 0.5) is 17.1 Å². The van der Waals surface area contributed by atoms with E-state index in [9.17, 15) is 0 Å². The number of fused-ring (bicyclic) bond motifs is 10. The largest absolute Gasteiger partial charge is 0.310 e. The molecule has 0 aliphatic rings. The molecule has 0 bridgehead atoms. The van der Waals surface area contributed by atoms with Gasteiger partial charge in [-0.3, -0.25) is 0 Å². The van der Waals surface area contributed by atoms with Crippen LogP contribution in [0.1, 0.15) is 0 Å². The Balaban J connectivity index is 1.26. The van der Waals surface area contributed by atoms with Gasteiger partial charge in [-0.2, -0.15) is 0 Å². The first kappa shape index (κ1) is 27.2. The maximum Gasteiger partial charge on any atom is 0.0554 e. The summed E-state index contributed by atoms with van der Waals surface area (Å²) >= 11 is 1.88. The summed E-state index contributed by atoms with van der Waals surface area (Å²) in [6.45, 7) is 0. The standard InChI is InChI=1S/C46H29NS/c1-2-11-30(12-3-1)31-21-23-34(24-22-31)47(43-19-10-20-44-46(43)42-27-32-13-4-5-14-33(32)28-45(42)48-44)35-25-26-40-38-17-7-6-15-36(38)37-16-8-9-18-39(37)41(40)29-35/h1-29H. The van der Waals surface area contributed by atoms with Crippen LogP contribution < -0.4 is 4.90 Å². The lowest BCUT2D eigenvalue weighted by Gasteiger charge is -2.27. The summed E-state index contributed by atoms with van der Waals surface area (Å²) in [5, 5.41) is 12.8. The lowest BCUT2D eigenvalue weighted by Crippen LogP contribution is -2.10. The SMILES string of the molecule is c1ccc(-c2ccc(N(c3ccc4c5ccccc5c5ccccc5c4c3)c3cccc4sc5cc6ccccc6cc5c34)cc2)cc1. The van der Waals surface area contributed by atoms with Crippen molar-refractivity contribution in [2.45, 2.75) is 0 Å². The lowest BCUT2D eigenvalue weighted by molar-refractivity contribution is 1.31. The molecule has 10 rings (SSSR count). The summed E-state index contributed by atoms with van der Waals surface area (Å²) in [6, 6.07) is 64.5. The minimum absolute atomic E-state index is 1.13. The van der Waals surface area contributed by atoms with Crippen LogP contribution in [0, 0.1) is 0 Å². The predicted octanol–water partition coefficient (Wildman–Crippen LogP) is 13.8. The molecule has 0 saturated heterocycles. The number of nitrogens with zero attached hydrogens (tertiary/aromatic N) is 1. The molecule has 0 saturated carbocycles. The first-order chi connectivity index (χ1) is 23.8. The van der Waals surface area contributed by atoms with Gasteiger partial charge in [-0.15, -0.1) is 11.3 Å². The molecule has 0 aliphatic heterocycles. The van der Waals surface area contributed by atoms with Crippen LogP contribution in [0.25, 0.3) is 74.4 Å². The van der Waals surface area contributed by atoms with Crippen molar-refractivity contribution in [1.29, 1.82) is 0 Å². The van der Waals surface area contributed by atoms with Crippen LogP contribution in [0.2, 0.25) is 0 Å². The fourth-order valence-electron chi connectivity index (χ4n) is 7.57. The summed E-state index contributed by atoms with van der Waals surface area (Å²) in [5.41, 5.74) is 5.89. The summed E-state index contributed by atoms with van der Waals surface area (Å²) < 4.78 is 2.60. The first-order valence-corrected chi connectivity index (χ1v) is 17.2. The molecule has 48 heavy (non-hydrogen) atoms. The average molecular weight is 628 g/mol. The predicted molar refractivity (Wildman–Crippen MR) is 209 cm³/mol. The second-order valence-electron chi connectivity index (χ2n) is 12.5. The van der Waals surface area contributed by atoms with Gasteiger partial charge in [0.15, 0.2) is 0 Å². The van der Waals surface area contributed by atoms with E-state index in [4.69, 9.17) is 0 Å². The van der Waals surface area contributed by atoms with E-state index in [0.717, 1.165) is 11.4 Å². The van der Waals surface area contributed by atoms with Crippen molar-refractivity contribution in [1.82, 2.24) is 0 Å². The molecule has 2 heteroatoms. The molecule has 0 N–H and O–H groups in total. The third-order valence-electron chi connectivity index (χ3n) is 9.80. The van der Waals surface area contributed by atoms with E-state index in [1.54, 1.807) is 0 Å². The van der Waals surface area contributed by atoms with Gasteiger partial charge in [0.2, 0.25) is 0 Å². The quantitative estimate of drug-likeness (QED) is 0.176. The summed E-state index contributed by atoms with van der Waals surface area (Å²) in [5.74, 6) is 0. The Labute approximate surface area is 282 Å². The van der Waals surface area contributed by atoms with Gasteiger partial charge < -0.3 is 4.90 Å². The normalized spacial score (nSPS) is 11.8. The summed E-state index contributed by atoms with van der Waals surface area (Å²) in [6.07, 6.45) is 0. The molecule has 0 amide bonds. The smallest absolute Gasteiger partial charge is 0.0554 e. The van der Waals surface area contributed by atoms with Gasteiger partial charge in [-0.05, 0) is 103 Å². The number of thiophene rings is 1. The van der Waals surface area contributed by atoms with E-state index >= 15 is 0 Å². The second kappa shape index (κ2) is 10.8. The monoisotopic (exact) mass is 627 g/mol. The van der Waals surface area contributed by atoms with Gasteiger partial charge in [0, 0.05) is 31.5 Å². The highest BCUT2D eigenvalue weighted by Crippen LogP contribution is 2.47. The molecule has 0 radical (unpaired) electrons. The molecule has 10 aromatic rings. The Morgan fingerprint density at radius 2 is 0.896 bits per heavy atom. The van der Waals surface area contributed by atoms with Crippen molar-refractivity contribution in [2.24, 2.45) is 0 Å². The average Bonchev–Trinajstić information content (AvgIpc) is 3.53. The van der Waals surface area contributed by atoms with Gasteiger partial charge in [0.1, 0.15) is 0 Å². The molecule has 1 heterocycles. The lowest BCUT2D eigenvalue weighted by atomic mass is 9.94. The van der Waals surface area contributed by atoms with Crippen molar-refractivity contribution >= 4 is 91.7 Å². The Bertz CT molecular complexity index is 2790. The maximum atomic E-state index is 2.46. The minimum atomic E-state index is 1.13. The molecular weight excluding hydrogens is 599 g/mol. The zero-order chi connectivity index (χ0) is 31.6. The van der Waals surface area contributed by atoms with Gasteiger partial charge >= 0.3 is 0 Å². The van der Waals surface area contributed by atoms with Crippen LogP contribution >= 0.6 is 11.3 Å². The molecular formula is C46H29NS. The van der Waals surface area contributed by atoms with Gasteiger partial charge in [-0.1, -0.05) is 127 Å². The fourth-order valence-corrected chi connectivity index (χ4v) is 8.73. The summed E-state index contributed by atoms with van der Waals surface area (Å²) in [4.78, 5) is 2.46. The number of hydrogen-bond donors (Lipinski definition) is 0. The van der Waals surface area contributed by atoms with Gasteiger partial charge in [-0.25, -0.2) is 0 Å². The zero-order valence-corrected chi connectivity index (χ0v) is 26.9. The molecule has 0 aliphatic carbocycles. The topological polar surface area (TPSA) is 3.24 Å². The van der Waals surface area contributed by atoms with E-state index in [0.29, 0.717) is 0 Å². The van der Waals surface area contributed by atoms with Crippen LogP contribution in [0.5, 0.6) is 0 Å². The molecule has 9 aromatic carbocycles. The number of hydrogen-bond acceptors (Lipinski definition) is 2. The third-order valence-corrected chi connectivity index (χ3v) is 10.9. The van der Waals surface area contributed by atoms with E-state index in [-0.39, 0.29) is 0 Å². The Morgan fingerprint density at radius 1 is 0.333 bits per heavy atom. The molecule has 0 fully saturated rings. The van der Waals surface area contributed by atoms with E-state index in [1.807, 2.05) is 11.3 Å². The number of anilines is 3. The van der Waals surface area contributed by atoms with Crippen molar-refractivity contribution in [3.05, 3.63) is 176 Å². The Hall–Kier alpha value is -5.96. The van der Waals surface area contributed by atoms with Gasteiger partial charge in [0.05, 0.1) is 5.69 Å². The Morgan fingerprint density at radius 3 is 1.60 bits per heavy atom. The maximum absolute atomic E-state index is 2.46. The zero-order valence-electron chi connectivity index (χ0n) is 26.1. The first-order valence-electron chi connectivity index (χ1n) is 16.4.